The fourth-order valence-corrected chi connectivity index (χ4v) is 2.14. The number of H-pyrrole nitrogens is 1. The number of hydrogen-bond acceptors (Lipinski definition) is 5. The van der Waals surface area contributed by atoms with Crippen molar-refractivity contribution in [1.29, 1.82) is 5.26 Å². The van der Waals surface area contributed by atoms with Gasteiger partial charge in [0.15, 0.2) is 0 Å². The quantitative estimate of drug-likeness (QED) is 0.652. The van der Waals surface area contributed by atoms with Crippen LogP contribution < -0.4 is 5.32 Å². The zero-order valence-electron chi connectivity index (χ0n) is 9.48. The Hall–Kier alpha value is -1.95. The van der Waals surface area contributed by atoms with E-state index in [4.69, 9.17) is 5.26 Å². The third kappa shape index (κ3) is 2.84. The van der Waals surface area contributed by atoms with Gasteiger partial charge in [-0.25, -0.2) is 0 Å². The minimum absolute atomic E-state index is 0.270. The lowest BCUT2D eigenvalue weighted by atomic mass is 10.2. The van der Waals surface area contributed by atoms with E-state index in [0.717, 1.165) is 9.26 Å². The number of nitriles is 1. The molecule has 0 atom stereocenters. The van der Waals surface area contributed by atoms with Gasteiger partial charge in [-0.1, -0.05) is 6.07 Å². The topological polar surface area (TPSA) is 90.3 Å². The lowest BCUT2D eigenvalue weighted by molar-refractivity contribution is 0.881. The summed E-state index contributed by atoms with van der Waals surface area (Å²) in [6, 6.07) is 8.03. The molecular weight excluding hydrogens is 343 g/mol. The van der Waals surface area contributed by atoms with Crippen LogP contribution in [0.1, 0.15) is 11.4 Å². The summed E-state index contributed by atoms with van der Waals surface area (Å²) in [5, 5.41) is 25.3. The van der Waals surface area contributed by atoms with Crippen molar-refractivity contribution in [3.8, 4) is 6.07 Å². The van der Waals surface area contributed by atoms with Crippen molar-refractivity contribution >= 4 is 33.9 Å². The van der Waals surface area contributed by atoms with Crippen LogP contribution >= 0.6 is 22.6 Å². The number of aromatic nitrogens is 4. The fraction of sp³-hybridized carbons (Fsp3) is 0.0909. The Morgan fingerprint density at radius 1 is 1.56 bits per heavy atom. The van der Waals surface area contributed by atoms with E-state index in [2.05, 4.69) is 54.6 Å². The van der Waals surface area contributed by atoms with Crippen molar-refractivity contribution in [2.45, 2.75) is 6.92 Å². The number of rotatable bonds is 3. The molecule has 0 fully saturated rings. The number of hydrogen-bond donors (Lipinski definition) is 2. The second kappa shape index (κ2) is 5.59. The SMILES string of the molecule is Cc1ccc(NC=C(C#N)c2nn[nH]n2)c(I)c1. The molecule has 0 radical (unpaired) electrons. The maximum atomic E-state index is 9.01. The maximum Gasteiger partial charge on any atom is 0.216 e. The van der Waals surface area contributed by atoms with Crippen LogP contribution in [0.25, 0.3) is 5.57 Å². The highest BCUT2D eigenvalue weighted by molar-refractivity contribution is 14.1. The molecule has 18 heavy (non-hydrogen) atoms. The predicted molar refractivity (Wildman–Crippen MR) is 75.3 cm³/mol. The second-order valence-corrected chi connectivity index (χ2v) is 4.70. The average molecular weight is 352 g/mol. The van der Waals surface area contributed by atoms with E-state index in [1.54, 1.807) is 6.20 Å². The van der Waals surface area contributed by atoms with Gasteiger partial charge < -0.3 is 5.32 Å². The van der Waals surface area contributed by atoms with Crippen LogP contribution in [-0.2, 0) is 0 Å². The first-order valence-electron chi connectivity index (χ1n) is 5.07. The molecule has 0 aliphatic heterocycles. The summed E-state index contributed by atoms with van der Waals surface area (Å²) in [7, 11) is 0. The lowest BCUT2D eigenvalue weighted by Gasteiger charge is -2.05. The van der Waals surface area contributed by atoms with Gasteiger partial charge in [0.25, 0.3) is 0 Å². The minimum Gasteiger partial charge on any atom is -0.359 e. The molecule has 0 amide bonds. The summed E-state index contributed by atoms with van der Waals surface area (Å²) >= 11 is 2.23. The second-order valence-electron chi connectivity index (χ2n) is 3.53. The zero-order valence-corrected chi connectivity index (χ0v) is 11.6. The summed E-state index contributed by atoms with van der Waals surface area (Å²) in [4.78, 5) is 0. The summed E-state index contributed by atoms with van der Waals surface area (Å²) < 4.78 is 1.08. The van der Waals surface area contributed by atoms with Crippen LogP contribution in [0.5, 0.6) is 0 Å². The Bertz CT molecular complexity index is 611. The molecule has 0 bridgehead atoms. The van der Waals surface area contributed by atoms with Crippen molar-refractivity contribution in [1.82, 2.24) is 20.6 Å². The van der Waals surface area contributed by atoms with Crippen LogP contribution in [0.3, 0.4) is 0 Å². The van der Waals surface area contributed by atoms with Gasteiger partial charge >= 0.3 is 0 Å². The number of aryl methyl sites for hydroxylation is 1. The normalized spacial score (nSPS) is 11.1. The number of nitrogens with zero attached hydrogens (tertiary/aromatic N) is 4. The summed E-state index contributed by atoms with van der Waals surface area (Å²) in [6.07, 6.45) is 1.57. The van der Waals surface area contributed by atoms with Crippen LogP contribution in [0.15, 0.2) is 24.4 Å². The van der Waals surface area contributed by atoms with Crippen molar-refractivity contribution in [2.24, 2.45) is 0 Å². The number of benzene rings is 1. The summed E-state index contributed by atoms with van der Waals surface area (Å²) in [5.41, 5.74) is 2.44. The Labute approximate surface area is 117 Å². The molecule has 1 aromatic carbocycles. The van der Waals surface area contributed by atoms with E-state index in [1.807, 2.05) is 25.1 Å². The smallest absolute Gasteiger partial charge is 0.216 e. The molecule has 0 unspecified atom stereocenters. The predicted octanol–water partition coefficient (Wildman–Crippen LogP) is 2.09. The van der Waals surface area contributed by atoms with Gasteiger partial charge in [0.2, 0.25) is 5.82 Å². The Balaban J connectivity index is 2.22. The van der Waals surface area contributed by atoms with E-state index in [9.17, 15) is 0 Å². The minimum atomic E-state index is 0.270. The van der Waals surface area contributed by atoms with Gasteiger partial charge in [-0.05, 0) is 52.4 Å². The van der Waals surface area contributed by atoms with E-state index in [0.29, 0.717) is 5.57 Å². The van der Waals surface area contributed by atoms with Gasteiger partial charge in [0.05, 0.1) is 5.69 Å². The van der Waals surface area contributed by atoms with Crippen molar-refractivity contribution in [3.05, 3.63) is 39.4 Å². The Morgan fingerprint density at radius 2 is 2.39 bits per heavy atom. The van der Waals surface area contributed by atoms with Gasteiger partial charge in [-0.3, -0.25) is 0 Å². The van der Waals surface area contributed by atoms with E-state index in [-0.39, 0.29) is 5.82 Å². The molecule has 0 saturated carbocycles. The standard InChI is InChI=1S/C11H9IN6/c1-7-2-3-10(9(12)4-7)14-6-8(5-13)11-15-17-18-16-11/h2-4,6,14H,1H3,(H,15,16,17,18). The van der Waals surface area contributed by atoms with Gasteiger partial charge in [0, 0.05) is 9.77 Å². The van der Waals surface area contributed by atoms with E-state index >= 15 is 0 Å². The molecular formula is C11H9IN6. The molecule has 0 aliphatic rings. The van der Waals surface area contributed by atoms with Crippen LogP contribution in [0, 0.1) is 21.8 Å². The molecule has 2 rings (SSSR count). The summed E-state index contributed by atoms with van der Waals surface area (Å²) in [6.45, 7) is 2.03. The average Bonchev–Trinajstić information content (AvgIpc) is 2.86. The lowest BCUT2D eigenvalue weighted by Crippen LogP contribution is -1.95. The third-order valence-corrected chi connectivity index (χ3v) is 3.10. The highest BCUT2D eigenvalue weighted by Gasteiger charge is 2.05. The Kier molecular flexibility index (Phi) is 3.88. The molecule has 1 aromatic heterocycles. The molecule has 0 saturated heterocycles. The van der Waals surface area contributed by atoms with Gasteiger partial charge in [-0.2, -0.15) is 10.5 Å². The number of nitrogens with one attached hydrogen (secondary N) is 2. The number of aromatic amines is 1. The monoisotopic (exact) mass is 352 g/mol. The van der Waals surface area contributed by atoms with Crippen LogP contribution in [0.2, 0.25) is 0 Å². The number of allylic oxidation sites excluding steroid dienone is 1. The molecule has 0 aliphatic carbocycles. The molecule has 2 N–H and O–H groups in total. The number of anilines is 1. The first-order chi connectivity index (χ1) is 8.70. The van der Waals surface area contributed by atoms with E-state index in [1.165, 1.54) is 5.56 Å². The highest BCUT2D eigenvalue weighted by Crippen LogP contribution is 2.20. The highest BCUT2D eigenvalue weighted by atomic mass is 127. The van der Waals surface area contributed by atoms with Crippen molar-refractivity contribution < 1.29 is 0 Å². The first-order valence-corrected chi connectivity index (χ1v) is 6.15. The molecule has 6 nitrogen and oxygen atoms in total. The van der Waals surface area contributed by atoms with Gasteiger partial charge in [0.1, 0.15) is 11.6 Å². The molecule has 2 aromatic rings. The van der Waals surface area contributed by atoms with Crippen molar-refractivity contribution in [2.75, 3.05) is 5.32 Å². The zero-order chi connectivity index (χ0) is 13.0. The van der Waals surface area contributed by atoms with E-state index < -0.39 is 0 Å². The molecule has 90 valence electrons. The molecule has 0 spiro atoms. The summed E-state index contributed by atoms with van der Waals surface area (Å²) in [5.74, 6) is 0.270. The number of halogens is 1. The maximum absolute atomic E-state index is 9.01. The third-order valence-electron chi connectivity index (χ3n) is 2.20. The van der Waals surface area contributed by atoms with Crippen molar-refractivity contribution in [3.63, 3.8) is 0 Å². The Morgan fingerprint density at radius 3 is 3.00 bits per heavy atom. The van der Waals surface area contributed by atoms with Gasteiger partial charge in [-0.15, -0.1) is 10.2 Å². The van der Waals surface area contributed by atoms with Crippen LogP contribution in [-0.4, -0.2) is 20.6 Å². The van der Waals surface area contributed by atoms with Crippen LogP contribution in [0.4, 0.5) is 5.69 Å². The molecule has 1 heterocycles. The largest absolute Gasteiger partial charge is 0.359 e. The number of tetrazole rings is 1. The molecule has 7 heteroatoms. The fourth-order valence-electron chi connectivity index (χ4n) is 1.31. The first kappa shape index (κ1) is 12.5.